The first-order chi connectivity index (χ1) is 13.7. The molecule has 4 nitrogen and oxygen atoms in total. The van der Waals surface area contributed by atoms with Crippen molar-refractivity contribution in [1.29, 1.82) is 0 Å². The standard InChI is InChI=1S/C21H16ClF3N2O2/c22-18-10-16(21(23,24)25)11-27-19(18)9-13-4-6-17(7-5-13)29-12-14-2-1-3-15(8-14)20(26)28/h1-8,10-11H,9,12H2,(H2,26,28). The number of aromatic nitrogens is 1. The van der Waals surface area contributed by atoms with Crippen molar-refractivity contribution in [2.24, 2.45) is 5.73 Å². The number of amides is 1. The summed E-state index contributed by atoms with van der Waals surface area (Å²) in [7, 11) is 0. The van der Waals surface area contributed by atoms with E-state index in [1.165, 1.54) is 0 Å². The third-order valence-electron chi connectivity index (χ3n) is 4.16. The molecule has 3 rings (SSSR count). The third kappa shape index (κ3) is 5.48. The molecule has 0 radical (unpaired) electrons. The molecule has 1 amide bonds. The van der Waals surface area contributed by atoms with E-state index in [0.717, 1.165) is 23.4 Å². The number of ether oxygens (including phenoxy) is 1. The number of alkyl halides is 3. The van der Waals surface area contributed by atoms with Crippen LogP contribution in [0.5, 0.6) is 5.75 Å². The summed E-state index contributed by atoms with van der Waals surface area (Å²) in [4.78, 5) is 15.1. The zero-order valence-electron chi connectivity index (χ0n) is 15.0. The summed E-state index contributed by atoms with van der Waals surface area (Å²) in [6.07, 6.45) is -3.41. The summed E-state index contributed by atoms with van der Waals surface area (Å²) < 4.78 is 43.8. The van der Waals surface area contributed by atoms with Gasteiger partial charge in [-0.05, 0) is 41.5 Å². The van der Waals surface area contributed by atoms with Gasteiger partial charge in [-0.15, -0.1) is 0 Å². The number of rotatable bonds is 6. The molecule has 3 aromatic rings. The molecule has 0 saturated carbocycles. The maximum Gasteiger partial charge on any atom is 0.417 e. The van der Waals surface area contributed by atoms with Gasteiger partial charge in [-0.3, -0.25) is 9.78 Å². The van der Waals surface area contributed by atoms with E-state index in [4.69, 9.17) is 22.1 Å². The Kier molecular flexibility index (Phi) is 6.08. The number of hydrogen-bond acceptors (Lipinski definition) is 3. The van der Waals surface area contributed by atoms with Gasteiger partial charge >= 0.3 is 6.18 Å². The summed E-state index contributed by atoms with van der Waals surface area (Å²) in [5, 5.41) is -0.0329. The van der Waals surface area contributed by atoms with Gasteiger partial charge < -0.3 is 10.5 Å². The van der Waals surface area contributed by atoms with Gasteiger partial charge in [-0.25, -0.2) is 0 Å². The lowest BCUT2D eigenvalue weighted by Crippen LogP contribution is -2.11. The van der Waals surface area contributed by atoms with Crippen molar-refractivity contribution >= 4 is 17.5 Å². The molecule has 8 heteroatoms. The summed E-state index contributed by atoms with van der Waals surface area (Å²) >= 11 is 5.95. The first-order valence-electron chi connectivity index (χ1n) is 8.54. The summed E-state index contributed by atoms with van der Waals surface area (Å²) in [5.41, 5.74) is 6.76. The van der Waals surface area contributed by atoms with Gasteiger partial charge in [-0.1, -0.05) is 35.9 Å². The van der Waals surface area contributed by atoms with Crippen molar-refractivity contribution in [1.82, 2.24) is 4.98 Å². The Labute approximate surface area is 170 Å². The van der Waals surface area contributed by atoms with Crippen LogP contribution >= 0.6 is 11.6 Å². The lowest BCUT2D eigenvalue weighted by Gasteiger charge is -2.10. The van der Waals surface area contributed by atoms with E-state index < -0.39 is 17.6 Å². The second-order valence-electron chi connectivity index (χ2n) is 6.32. The zero-order chi connectivity index (χ0) is 21.0. The molecular weight excluding hydrogens is 405 g/mol. The van der Waals surface area contributed by atoms with Crippen molar-refractivity contribution in [3.8, 4) is 5.75 Å². The first-order valence-corrected chi connectivity index (χ1v) is 8.92. The number of halogens is 4. The summed E-state index contributed by atoms with van der Waals surface area (Å²) in [6.45, 7) is 0.257. The Bertz CT molecular complexity index is 1020. The fourth-order valence-electron chi connectivity index (χ4n) is 2.63. The number of hydrogen-bond donors (Lipinski definition) is 1. The molecule has 0 atom stereocenters. The van der Waals surface area contributed by atoms with Crippen LogP contribution in [-0.4, -0.2) is 10.9 Å². The smallest absolute Gasteiger partial charge is 0.417 e. The highest BCUT2D eigenvalue weighted by atomic mass is 35.5. The van der Waals surface area contributed by atoms with Crippen LogP contribution in [0.2, 0.25) is 5.02 Å². The van der Waals surface area contributed by atoms with Crippen LogP contribution in [0.15, 0.2) is 60.8 Å². The number of carbonyl (C=O) groups is 1. The zero-order valence-corrected chi connectivity index (χ0v) is 15.8. The molecule has 0 unspecified atom stereocenters. The molecule has 150 valence electrons. The molecule has 2 aromatic carbocycles. The number of carbonyl (C=O) groups excluding carboxylic acids is 1. The molecule has 0 aliphatic carbocycles. The fraction of sp³-hybridized carbons (Fsp3) is 0.143. The molecule has 29 heavy (non-hydrogen) atoms. The highest BCUT2D eigenvalue weighted by Gasteiger charge is 2.31. The van der Waals surface area contributed by atoms with Crippen molar-refractivity contribution in [3.05, 3.63) is 93.8 Å². The molecule has 0 aliphatic heterocycles. The van der Waals surface area contributed by atoms with E-state index in [2.05, 4.69) is 4.98 Å². The molecule has 0 bridgehead atoms. The van der Waals surface area contributed by atoms with E-state index in [-0.39, 0.29) is 18.1 Å². The summed E-state index contributed by atoms with van der Waals surface area (Å²) in [6, 6.07) is 14.8. The van der Waals surface area contributed by atoms with Crippen LogP contribution in [0, 0.1) is 0 Å². The Balaban J connectivity index is 1.63. The Morgan fingerprint density at radius 2 is 1.79 bits per heavy atom. The van der Waals surface area contributed by atoms with Crippen LogP contribution in [0.25, 0.3) is 0 Å². The molecule has 0 aliphatic rings. The van der Waals surface area contributed by atoms with Crippen molar-refractivity contribution in [2.45, 2.75) is 19.2 Å². The lowest BCUT2D eigenvalue weighted by atomic mass is 10.1. The normalized spacial score (nSPS) is 11.3. The van der Waals surface area contributed by atoms with E-state index >= 15 is 0 Å². The highest BCUT2D eigenvalue weighted by Crippen LogP contribution is 2.31. The van der Waals surface area contributed by atoms with Crippen LogP contribution in [-0.2, 0) is 19.2 Å². The van der Waals surface area contributed by atoms with E-state index in [1.807, 2.05) is 6.07 Å². The van der Waals surface area contributed by atoms with Gasteiger partial charge in [0.05, 0.1) is 16.3 Å². The number of pyridine rings is 1. The minimum absolute atomic E-state index is 0.0329. The average molecular weight is 421 g/mol. The maximum atomic E-state index is 12.7. The Hall–Kier alpha value is -3.06. The predicted molar refractivity (Wildman–Crippen MR) is 103 cm³/mol. The van der Waals surface area contributed by atoms with Crippen LogP contribution in [0.1, 0.15) is 32.7 Å². The molecule has 0 spiro atoms. The lowest BCUT2D eigenvalue weighted by molar-refractivity contribution is -0.137. The van der Waals surface area contributed by atoms with E-state index in [0.29, 0.717) is 17.0 Å². The second-order valence-corrected chi connectivity index (χ2v) is 6.73. The van der Waals surface area contributed by atoms with Crippen LogP contribution in [0.4, 0.5) is 13.2 Å². The molecule has 2 N–H and O–H groups in total. The second kappa shape index (κ2) is 8.53. The monoisotopic (exact) mass is 420 g/mol. The van der Waals surface area contributed by atoms with E-state index in [1.54, 1.807) is 42.5 Å². The van der Waals surface area contributed by atoms with Gasteiger partial charge in [0, 0.05) is 18.2 Å². The number of nitrogens with two attached hydrogens (primary N) is 1. The first kappa shape index (κ1) is 20.7. The molecule has 1 heterocycles. The fourth-order valence-corrected chi connectivity index (χ4v) is 2.86. The SMILES string of the molecule is NC(=O)c1cccc(COc2ccc(Cc3ncc(C(F)(F)F)cc3Cl)cc2)c1. The average Bonchev–Trinajstić information content (AvgIpc) is 2.68. The topological polar surface area (TPSA) is 65.2 Å². The molecule has 1 aromatic heterocycles. The molecular formula is C21H16ClF3N2O2. The van der Waals surface area contributed by atoms with Crippen molar-refractivity contribution < 1.29 is 22.7 Å². The minimum Gasteiger partial charge on any atom is -0.489 e. The van der Waals surface area contributed by atoms with E-state index in [9.17, 15) is 18.0 Å². The largest absolute Gasteiger partial charge is 0.489 e. The third-order valence-corrected chi connectivity index (χ3v) is 4.48. The number of benzene rings is 2. The van der Waals surface area contributed by atoms with Gasteiger partial charge in [0.25, 0.3) is 0 Å². The van der Waals surface area contributed by atoms with Crippen LogP contribution < -0.4 is 10.5 Å². The van der Waals surface area contributed by atoms with Crippen LogP contribution in [0.3, 0.4) is 0 Å². The van der Waals surface area contributed by atoms with Gasteiger partial charge in [-0.2, -0.15) is 13.2 Å². The van der Waals surface area contributed by atoms with Crippen molar-refractivity contribution in [2.75, 3.05) is 0 Å². The van der Waals surface area contributed by atoms with Gasteiger partial charge in [0.1, 0.15) is 12.4 Å². The number of nitrogens with zero attached hydrogens (tertiary/aromatic N) is 1. The van der Waals surface area contributed by atoms with Gasteiger partial charge in [0.15, 0.2) is 0 Å². The summed E-state index contributed by atoms with van der Waals surface area (Å²) in [5.74, 6) is 0.0939. The predicted octanol–water partition coefficient (Wildman–Crippen LogP) is 5.02. The highest BCUT2D eigenvalue weighted by molar-refractivity contribution is 6.31. The minimum atomic E-state index is -4.48. The quantitative estimate of drug-likeness (QED) is 0.608. The van der Waals surface area contributed by atoms with Crippen molar-refractivity contribution in [3.63, 3.8) is 0 Å². The maximum absolute atomic E-state index is 12.7. The Morgan fingerprint density at radius 1 is 1.07 bits per heavy atom. The molecule has 0 fully saturated rings. The number of primary amides is 1. The Morgan fingerprint density at radius 3 is 2.41 bits per heavy atom. The van der Waals surface area contributed by atoms with Gasteiger partial charge in [0.2, 0.25) is 5.91 Å². The molecule has 0 saturated heterocycles.